The number of nitrogens with one attached hydrogen (secondary N) is 1. The van der Waals surface area contributed by atoms with E-state index in [0.29, 0.717) is 12.3 Å². The largest absolute Gasteiger partial charge is 0.396 e. The van der Waals surface area contributed by atoms with Crippen LogP contribution < -0.4 is 5.32 Å². The van der Waals surface area contributed by atoms with Crippen LogP contribution in [0.2, 0.25) is 0 Å². The second-order valence-corrected chi connectivity index (χ2v) is 3.75. The van der Waals surface area contributed by atoms with E-state index in [0.717, 1.165) is 13.1 Å². The maximum atomic E-state index is 11.3. The molecule has 0 aliphatic carbocycles. The summed E-state index contributed by atoms with van der Waals surface area (Å²) in [6.07, 6.45) is 0.672. The van der Waals surface area contributed by atoms with E-state index < -0.39 is 0 Å². The Morgan fingerprint density at radius 3 is 2.69 bits per heavy atom. The molecule has 0 bridgehead atoms. The third-order valence-corrected chi connectivity index (χ3v) is 2.48. The molecule has 0 aromatic heterocycles. The molecule has 0 saturated carbocycles. The van der Waals surface area contributed by atoms with Crippen molar-refractivity contribution in [2.24, 2.45) is 5.92 Å². The van der Waals surface area contributed by atoms with Gasteiger partial charge in [-0.25, -0.2) is 4.79 Å². The Morgan fingerprint density at radius 1 is 1.62 bits per heavy atom. The Labute approximate surface area is 78.9 Å². The minimum atomic E-state index is 0.00662. The highest BCUT2D eigenvalue weighted by molar-refractivity contribution is 5.76. The zero-order valence-corrected chi connectivity index (χ0v) is 8.29. The second-order valence-electron chi connectivity index (χ2n) is 3.75. The Hall–Kier alpha value is -0.770. The zero-order chi connectivity index (χ0) is 9.84. The van der Waals surface area contributed by atoms with Crippen molar-refractivity contribution in [3.63, 3.8) is 0 Å². The summed E-state index contributed by atoms with van der Waals surface area (Å²) in [5, 5.41) is 11.6. The fraction of sp³-hybridized carbons (Fsp3) is 0.889. The lowest BCUT2D eigenvalue weighted by Crippen LogP contribution is -2.41. The Morgan fingerprint density at radius 2 is 2.31 bits per heavy atom. The maximum Gasteiger partial charge on any atom is 0.317 e. The van der Waals surface area contributed by atoms with Crippen LogP contribution in [0, 0.1) is 5.92 Å². The summed E-state index contributed by atoms with van der Waals surface area (Å²) in [5.41, 5.74) is 0. The topological polar surface area (TPSA) is 52.6 Å². The van der Waals surface area contributed by atoms with Gasteiger partial charge in [0.05, 0.1) is 0 Å². The van der Waals surface area contributed by atoms with Crippen molar-refractivity contribution in [1.29, 1.82) is 0 Å². The van der Waals surface area contributed by atoms with E-state index in [4.69, 9.17) is 5.11 Å². The van der Waals surface area contributed by atoms with Crippen LogP contribution in [-0.4, -0.2) is 41.8 Å². The molecule has 4 heteroatoms. The smallest absolute Gasteiger partial charge is 0.317 e. The standard InChI is InChI=1S/C9H18N2O2/c1-7(2)8(3-6-12)11-5-4-10-9(11)13/h7-8,12H,3-6H2,1-2H3,(H,10,13). The Kier molecular flexibility index (Phi) is 3.54. The van der Waals surface area contributed by atoms with E-state index >= 15 is 0 Å². The van der Waals surface area contributed by atoms with Gasteiger partial charge in [0, 0.05) is 25.7 Å². The highest BCUT2D eigenvalue weighted by Gasteiger charge is 2.28. The number of urea groups is 1. The molecule has 1 aliphatic heterocycles. The van der Waals surface area contributed by atoms with E-state index in [1.54, 1.807) is 0 Å². The van der Waals surface area contributed by atoms with Crippen molar-refractivity contribution < 1.29 is 9.90 Å². The van der Waals surface area contributed by atoms with Gasteiger partial charge in [0.1, 0.15) is 0 Å². The molecule has 1 rings (SSSR count). The molecule has 1 fully saturated rings. The van der Waals surface area contributed by atoms with Crippen LogP contribution >= 0.6 is 0 Å². The summed E-state index contributed by atoms with van der Waals surface area (Å²) in [5.74, 6) is 0.399. The lowest BCUT2D eigenvalue weighted by molar-refractivity contribution is 0.154. The minimum absolute atomic E-state index is 0.00662. The normalized spacial score (nSPS) is 19.4. The van der Waals surface area contributed by atoms with Crippen LogP contribution in [0.3, 0.4) is 0 Å². The van der Waals surface area contributed by atoms with Crippen molar-refractivity contribution in [2.75, 3.05) is 19.7 Å². The van der Waals surface area contributed by atoms with Gasteiger partial charge < -0.3 is 15.3 Å². The molecule has 4 nitrogen and oxygen atoms in total. The van der Waals surface area contributed by atoms with Crippen molar-refractivity contribution >= 4 is 6.03 Å². The van der Waals surface area contributed by atoms with Crippen molar-refractivity contribution in [1.82, 2.24) is 10.2 Å². The zero-order valence-electron chi connectivity index (χ0n) is 8.29. The number of carbonyl (C=O) groups excluding carboxylic acids is 1. The summed E-state index contributed by atoms with van der Waals surface area (Å²) < 4.78 is 0. The molecule has 0 aromatic carbocycles. The Balaban J connectivity index is 2.57. The first-order valence-corrected chi connectivity index (χ1v) is 4.82. The SMILES string of the molecule is CC(C)C(CCO)N1CCNC1=O. The van der Waals surface area contributed by atoms with Crippen molar-refractivity contribution in [3.05, 3.63) is 0 Å². The number of rotatable bonds is 4. The van der Waals surface area contributed by atoms with E-state index in [9.17, 15) is 4.79 Å². The summed E-state index contributed by atoms with van der Waals surface area (Å²) in [6, 6.07) is 0.180. The van der Waals surface area contributed by atoms with E-state index in [1.165, 1.54) is 0 Å². The van der Waals surface area contributed by atoms with Gasteiger partial charge in [-0.05, 0) is 12.3 Å². The van der Waals surface area contributed by atoms with Gasteiger partial charge in [-0.2, -0.15) is 0 Å². The van der Waals surface area contributed by atoms with E-state index in [2.05, 4.69) is 19.2 Å². The number of carbonyl (C=O) groups is 1. The molecule has 1 heterocycles. The fourth-order valence-electron chi connectivity index (χ4n) is 1.78. The third-order valence-electron chi connectivity index (χ3n) is 2.48. The third kappa shape index (κ3) is 2.34. The second kappa shape index (κ2) is 4.46. The van der Waals surface area contributed by atoms with Gasteiger partial charge in [-0.15, -0.1) is 0 Å². The molecular weight excluding hydrogens is 168 g/mol. The molecule has 2 N–H and O–H groups in total. The minimum Gasteiger partial charge on any atom is -0.396 e. The number of aliphatic hydroxyl groups is 1. The summed E-state index contributed by atoms with van der Waals surface area (Å²) in [6.45, 7) is 5.79. The first kappa shape index (κ1) is 10.3. The predicted octanol–water partition coefficient (Wildman–Crippen LogP) is 0.419. The molecule has 13 heavy (non-hydrogen) atoms. The van der Waals surface area contributed by atoms with E-state index in [-0.39, 0.29) is 18.7 Å². The summed E-state index contributed by atoms with van der Waals surface area (Å²) in [7, 11) is 0. The fourth-order valence-corrected chi connectivity index (χ4v) is 1.78. The molecule has 0 radical (unpaired) electrons. The quantitative estimate of drug-likeness (QED) is 0.668. The highest BCUT2D eigenvalue weighted by atomic mass is 16.3. The lowest BCUT2D eigenvalue weighted by atomic mass is 10.00. The molecule has 1 unspecified atom stereocenters. The number of nitrogens with zero attached hydrogens (tertiary/aromatic N) is 1. The van der Waals surface area contributed by atoms with Gasteiger partial charge in [-0.3, -0.25) is 0 Å². The molecule has 2 amide bonds. The van der Waals surface area contributed by atoms with Gasteiger partial charge in [-0.1, -0.05) is 13.8 Å². The van der Waals surface area contributed by atoms with Crippen molar-refractivity contribution in [2.45, 2.75) is 26.3 Å². The molecular formula is C9H18N2O2. The predicted molar refractivity (Wildman–Crippen MR) is 50.4 cm³/mol. The van der Waals surface area contributed by atoms with Crippen LogP contribution in [0.4, 0.5) is 4.79 Å². The van der Waals surface area contributed by atoms with Gasteiger partial charge in [0.15, 0.2) is 0 Å². The summed E-state index contributed by atoms with van der Waals surface area (Å²) in [4.78, 5) is 13.1. The number of hydrogen-bond acceptors (Lipinski definition) is 2. The van der Waals surface area contributed by atoms with Crippen LogP contribution in [0.1, 0.15) is 20.3 Å². The van der Waals surface area contributed by atoms with Crippen LogP contribution in [0.5, 0.6) is 0 Å². The van der Waals surface area contributed by atoms with Gasteiger partial charge in [0.2, 0.25) is 0 Å². The average Bonchev–Trinajstić information content (AvgIpc) is 2.47. The molecule has 76 valence electrons. The lowest BCUT2D eigenvalue weighted by Gasteiger charge is -2.29. The van der Waals surface area contributed by atoms with Gasteiger partial charge >= 0.3 is 6.03 Å². The van der Waals surface area contributed by atoms with Crippen LogP contribution in [0.25, 0.3) is 0 Å². The number of amides is 2. The molecule has 0 spiro atoms. The monoisotopic (exact) mass is 186 g/mol. The van der Waals surface area contributed by atoms with E-state index in [1.807, 2.05) is 4.90 Å². The molecule has 1 saturated heterocycles. The van der Waals surface area contributed by atoms with Crippen molar-refractivity contribution in [3.8, 4) is 0 Å². The first-order chi connectivity index (χ1) is 6.16. The number of hydrogen-bond donors (Lipinski definition) is 2. The molecule has 1 atom stereocenters. The molecule has 1 aliphatic rings. The molecule has 0 aromatic rings. The first-order valence-electron chi connectivity index (χ1n) is 4.82. The Bertz CT molecular complexity index is 182. The average molecular weight is 186 g/mol. The summed E-state index contributed by atoms with van der Waals surface area (Å²) >= 11 is 0. The van der Waals surface area contributed by atoms with Gasteiger partial charge in [0.25, 0.3) is 0 Å². The van der Waals surface area contributed by atoms with Crippen LogP contribution in [0.15, 0.2) is 0 Å². The maximum absolute atomic E-state index is 11.3. The number of aliphatic hydroxyl groups excluding tert-OH is 1. The van der Waals surface area contributed by atoms with Crippen LogP contribution in [-0.2, 0) is 0 Å². The highest BCUT2D eigenvalue weighted by Crippen LogP contribution is 2.16.